The van der Waals surface area contributed by atoms with E-state index in [4.69, 9.17) is 0 Å². The molecular weight excluding hydrogens is 517 g/mol. The van der Waals surface area contributed by atoms with Crippen molar-refractivity contribution in [1.29, 1.82) is 0 Å². The lowest BCUT2D eigenvalue weighted by Gasteiger charge is -2.13. The second kappa shape index (κ2) is 10.7. The number of likely N-dealkylation sites (tertiary alicyclic amines) is 1. The van der Waals surface area contributed by atoms with Crippen LogP contribution in [0.3, 0.4) is 0 Å². The van der Waals surface area contributed by atoms with Gasteiger partial charge in [0.05, 0.1) is 23.8 Å². The molecule has 4 aromatic heterocycles. The van der Waals surface area contributed by atoms with Crippen LogP contribution >= 0.6 is 0 Å². The number of aromatic nitrogens is 6. The summed E-state index contributed by atoms with van der Waals surface area (Å²) in [6, 6.07) is 18.1. The van der Waals surface area contributed by atoms with Crippen LogP contribution in [0.4, 0.5) is 4.39 Å². The molecule has 1 saturated heterocycles. The van der Waals surface area contributed by atoms with Crippen molar-refractivity contribution in [3.63, 3.8) is 0 Å². The zero-order valence-corrected chi connectivity index (χ0v) is 22.7. The Balaban J connectivity index is 1.08. The van der Waals surface area contributed by atoms with E-state index in [1.807, 2.05) is 41.5 Å². The van der Waals surface area contributed by atoms with Crippen molar-refractivity contribution in [3.05, 3.63) is 107 Å². The fourth-order valence-corrected chi connectivity index (χ4v) is 5.64. The highest BCUT2D eigenvalue weighted by Crippen LogP contribution is 2.24. The van der Waals surface area contributed by atoms with Crippen molar-refractivity contribution in [2.75, 3.05) is 19.6 Å². The third kappa shape index (κ3) is 5.28. The first-order valence-electron chi connectivity index (χ1n) is 14.1. The number of pyridine rings is 1. The van der Waals surface area contributed by atoms with Crippen LogP contribution in [0.2, 0.25) is 0 Å². The topological polar surface area (TPSA) is 73.8 Å². The molecule has 0 N–H and O–H groups in total. The standard InChI is InChI=1S/C32H30FN7O/c33-28-5-4-24-10-13-39(30(24)19-28)31-7-8-32(41)40(36-31)14-9-23-3-6-29-25(17-23)18-26(20-34-29)27-21-35-38(22-27)16-15-37-11-1-2-12-37/h3-8,10,13,17-22H,1-2,9,11-12,14-16H2. The van der Waals surface area contributed by atoms with Gasteiger partial charge in [-0.1, -0.05) is 6.07 Å². The van der Waals surface area contributed by atoms with Crippen molar-refractivity contribution in [1.82, 2.24) is 34.0 Å². The number of rotatable bonds is 8. The van der Waals surface area contributed by atoms with Gasteiger partial charge in [0.25, 0.3) is 5.56 Å². The van der Waals surface area contributed by atoms with Gasteiger partial charge in [-0.3, -0.25) is 19.0 Å². The van der Waals surface area contributed by atoms with E-state index >= 15 is 0 Å². The third-order valence-electron chi connectivity index (χ3n) is 7.92. The van der Waals surface area contributed by atoms with Crippen molar-refractivity contribution >= 4 is 21.8 Å². The lowest BCUT2D eigenvalue weighted by Crippen LogP contribution is -2.24. The Kier molecular flexibility index (Phi) is 6.64. The summed E-state index contributed by atoms with van der Waals surface area (Å²) < 4.78 is 19.2. The van der Waals surface area contributed by atoms with Gasteiger partial charge in [-0.2, -0.15) is 10.2 Å². The van der Waals surface area contributed by atoms with Crippen LogP contribution in [-0.4, -0.2) is 53.6 Å². The van der Waals surface area contributed by atoms with Gasteiger partial charge >= 0.3 is 0 Å². The summed E-state index contributed by atoms with van der Waals surface area (Å²) in [4.78, 5) is 19.8. The SMILES string of the molecule is O=c1ccc(-n2ccc3ccc(F)cc32)nn1CCc1ccc2ncc(-c3cnn(CCN4CCCC4)c3)cc2c1. The largest absolute Gasteiger partial charge is 0.301 e. The molecular formula is C32H30FN7O. The summed E-state index contributed by atoms with van der Waals surface area (Å²) in [5.74, 6) is 0.254. The highest BCUT2D eigenvalue weighted by Gasteiger charge is 2.12. The maximum Gasteiger partial charge on any atom is 0.266 e. The minimum Gasteiger partial charge on any atom is -0.301 e. The molecule has 0 atom stereocenters. The lowest BCUT2D eigenvalue weighted by molar-refractivity contribution is 0.316. The van der Waals surface area contributed by atoms with Crippen LogP contribution in [0.15, 0.2) is 90.2 Å². The fourth-order valence-electron chi connectivity index (χ4n) is 5.64. The number of benzene rings is 2. The number of nitrogens with zero attached hydrogens (tertiary/aromatic N) is 7. The average molecular weight is 548 g/mol. The molecule has 2 aromatic carbocycles. The first-order valence-corrected chi connectivity index (χ1v) is 14.1. The summed E-state index contributed by atoms with van der Waals surface area (Å²) in [5, 5.41) is 11.1. The van der Waals surface area contributed by atoms with Gasteiger partial charge in [0.2, 0.25) is 0 Å². The van der Waals surface area contributed by atoms with Gasteiger partial charge < -0.3 is 4.90 Å². The molecule has 1 aliphatic rings. The maximum absolute atomic E-state index is 13.9. The first kappa shape index (κ1) is 25.3. The van der Waals surface area contributed by atoms with E-state index in [9.17, 15) is 9.18 Å². The van der Waals surface area contributed by atoms with E-state index in [1.54, 1.807) is 16.7 Å². The van der Waals surface area contributed by atoms with Gasteiger partial charge in [0.1, 0.15) is 5.82 Å². The zero-order valence-electron chi connectivity index (χ0n) is 22.7. The van der Waals surface area contributed by atoms with Crippen LogP contribution in [-0.2, 0) is 19.5 Å². The molecule has 0 saturated carbocycles. The fraction of sp³-hybridized carbons (Fsp3) is 0.250. The molecule has 0 unspecified atom stereocenters. The zero-order chi connectivity index (χ0) is 27.8. The van der Waals surface area contributed by atoms with Crippen molar-refractivity contribution in [2.24, 2.45) is 0 Å². The maximum atomic E-state index is 13.9. The summed E-state index contributed by atoms with van der Waals surface area (Å²) in [6.07, 6.45) is 11.0. The Hall–Kier alpha value is -4.63. The highest BCUT2D eigenvalue weighted by atomic mass is 19.1. The molecule has 7 rings (SSSR count). The van der Waals surface area contributed by atoms with Crippen LogP contribution in [0.1, 0.15) is 18.4 Å². The Morgan fingerprint density at radius 1 is 0.829 bits per heavy atom. The summed E-state index contributed by atoms with van der Waals surface area (Å²) in [5.41, 5.74) is 4.62. The third-order valence-corrected chi connectivity index (χ3v) is 7.92. The molecule has 1 aliphatic heterocycles. The summed E-state index contributed by atoms with van der Waals surface area (Å²) in [6.45, 7) is 4.71. The molecule has 9 heteroatoms. The number of aryl methyl sites for hydroxylation is 2. The predicted molar refractivity (Wildman–Crippen MR) is 158 cm³/mol. The minimum atomic E-state index is -0.314. The van der Waals surface area contributed by atoms with Crippen LogP contribution in [0, 0.1) is 5.82 Å². The molecule has 0 aliphatic carbocycles. The Bertz CT molecular complexity index is 1920. The molecule has 8 nitrogen and oxygen atoms in total. The predicted octanol–water partition coefficient (Wildman–Crippen LogP) is 5.08. The molecule has 206 valence electrons. The Morgan fingerprint density at radius 2 is 1.73 bits per heavy atom. The molecule has 1 fully saturated rings. The van der Waals surface area contributed by atoms with Gasteiger partial charge in [0.15, 0.2) is 5.82 Å². The van der Waals surface area contributed by atoms with Crippen molar-refractivity contribution in [2.45, 2.75) is 32.4 Å². The van der Waals surface area contributed by atoms with E-state index in [0.717, 1.165) is 46.1 Å². The summed E-state index contributed by atoms with van der Waals surface area (Å²) in [7, 11) is 0. The van der Waals surface area contributed by atoms with Crippen LogP contribution in [0.5, 0.6) is 0 Å². The smallest absolute Gasteiger partial charge is 0.266 e. The number of fused-ring (bicyclic) bond motifs is 2. The van der Waals surface area contributed by atoms with Gasteiger partial charge in [0, 0.05) is 59.6 Å². The monoisotopic (exact) mass is 547 g/mol. The van der Waals surface area contributed by atoms with E-state index in [0.29, 0.717) is 24.3 Å². The van der Waals surface area contributed by atoms with E-state index in [-0.39, 0.29) is 11.4 Å². The number of hydrogen-bond acceptors (Lipinski definition) is 5. The quantitative estimate of drug-likeness (QED) is 0.266. The Morgan fingerprint density at radius 3 is 2.63 bits per heavy atom. The first-order chi connectivity index (χ1) is 20.1. The van der Waals surface area contributed by atoms with Crippen LogP contribution < -0.4 is 5.56 Å². The van der Waals surface area contributed by atoms with Crippen molar-refractivity contribution < 1.29 is 4.39 Å². The molecule has 0 bridgehead atoms. The number of hydrogen-bond donors (Lipinski definition) is 0. The van der Waals surface area contributed by atoms with Gasteiger partial charge in [-0.15, -0.1) is 0 Å². The molecule has 41 heavy (non-hydrogen) atoms. The van der Waals surface area contributed by atoms with E-state index in [2.05, 4.69) is 38.4 Å². The highest BCUT2D eigenvalue weighted by molar-refractivity contribution is 5.84. The molecule has 6 aromatic rings. The Labute approximate surface area is 236 Å². The average Bonchev–Trinajstić information content (AvgIpc) is 3.77. The lowest BCUT2D eigenvalue weighted by atomic mass is 10.1. The van der Waals surface area contributed by atoms with Gasteiger partial charge in [-0.25, -0.2) is 9.07 Å². The molecule has 0 amide bonds. The second-order valence-electron chi connectivity index (χ2n) is 10.7. The van der Waals surface area contributed by atoms with Crippen LogP contribution in [0.25, 0.3) is 38.8 Å². The summed E-state index contributed by atoms with van der Waals surface area (Å²) >= 11 is 0. The number of halogens is 1. The second-order valence-corrected chi connectivity index (χ2v) is 10.7. The normalized spacial score (nSPS) is 14.0. The molecule has 0 radical (unpaired) electrons. The molecule has 0 spiro atoms. The van der Waals surface area contributed by atoms with Gasteiger partial charge in [-0.05, 0) is 86.4 Å². The molecule has 5 heterocycles. The van der Waals surface area contributed by atoms with E-state index < -0.39 is 0 Å². The van der Waals surface area contributed by atoms with E-state index in [1.165, 1.54) is 48.8 Å². The minimum absolute atomic E-state index is 0.178. The van der Waals surface area contributed by atoms with Crippen molar-refractivity contribution in [3.8, 4) is 16.9 Å².